The normalized spacial score (nSPS) is 16.7. The lowest BCUT2D eigenvalue weighted by molar-refractivity contribution is -0.116. The third-order valence-electron chi connectivity index (χ3n) is 2.76. The summed E-state index contributed by atoms with van der Waals surface area (Å²) < 4.78 is 0. The highest BCUT2D eigenvalue weighted by Gasteiger charge is 2.17. The Morgan fingerprint density at radius 1 is 1.21 bits per heavy atom. The molecule has 0 radical (unpaired) electrons. The van der Waals surface area contributed by atoms with E-state index < -0.39 is 0 Å². The molecule has 0 spiro atoms. The molecule has 0 heterocycles. The summed E-state index contributed by atoms with van der Waals surface area (Å²) in [7, 11) is 0. The summed E-state index contributed by atoms with van der Waals surface area (Å²) in [5.41, 5.74) is 1.97. The first-order chi connectivity index (χ1) is 8.90. The van der Waals surface area contributed by atoms with Gasteiger partial charge in [-0.2, -0.15) is 0 Å². The monoisotopic (exact) mass is 258 g/mol. The molecule has 0 N–H and O–H groups in total. The zero-order valence-corrected chi connectivity index (χ0v) is 11.5. The van der Waals surface area contributed by atoms with Gasteiger partial charge in [-0.05, 0) is 39.3 Å². The second kappa shape index (κ2) is 6.78. The quantitative estimate of drug-likeness (QED) is 0.563. The predicted molar refractivity (Wildman–Crippen MR) is 74.7 cm³/mol. The predicted octanol–water partition coefficient (Wildman–Crippen LogP) is 2.88. The Kier molecular flexibility index (Phi) is 5.37. The second-order valence-electron chi connectivity index (χ2n) is 4.69. The summed E-state index contributed by atoms with van der Waals surface area (Å²) in [6.45, 7) is 5.08. The van der Waals surface area contributed by atoms with E-state index in [9.17, 15) is 14.4 Å². The van der Waals surface area contributed by atoms with Crippen molar-refractivity contribution in [2.75, 3.05) is 0 Å². The Hall–Kier alpha value is -2.03. The summed E-state index contributed by atoms with van der Waals surface area (Å²) in [6.07, 6.45) is 9.11. The Labute approximate surface area is 113 Å². The first-order valence-electron chi connectivity index (χ1n) is 6.20. The Morgan fingerprint density at radius 2 is 1.89 bits per heavy atom. The van der Waals surface area contributed by atoms with E-state index in [1.807, 2.05) is 19.1 Å². The van der Waals surface area contributed by atoms with Crippen molar-refractivity contribution in [1.29, 1.82) is 0 Å². The van der Waals surface area contributed by atoms with Gasteiger partial charge in [0.05, 0.1) is 0 Å². The van der Waals surface area contributed by atoms with Crippen molar-refractivity contribution in [2.45, 2.75) is 33.6 Å². The zero-order chi connectivity index (χ0) is 14.4. The maximum absolute atomic E-state index is 11.8. The van der Waals surface area contributed by atoms with Crippen LogP contribution in [-0.2, 0) is 14.4 Å². The maximum Gasteiger partial charge on any atom is 0.185 e. The fourth-order valence-electron chi connectivity index (χ4n) is 1.71. The molecule has 3 nitrogen and oxygen atoms in total. The van der Waals surface area contributed by atoms with Gasteiger partial charge in [0.2, 0.25) is 0 Å². The summed E-state index contributed by atoms with van der Waals surface area (Å²) in [5, 5.41) is 0. The number of hydrogen-bond donors (Lipinski definition) is 0. The van der Waals surface area contributed by atoms with Crippen LogP contribution in [0.3, 0.4) is 0 Å². The average Bonchev–Trinajstić information content (AvgIpc) is 2.31. The number of hydrogen-bond acceptors (Lipinski definition) is 3. The molecule has 0 amide bonds. The lowest BCUT2D eigenvalue weighted by atomic mass is 9.94. The summed E-state index contributed by atoms with van der Waals surface area (Å²) in [6, 6.07) is 0. The number of carbonyl (C=O) groups is 3. The summed E-state index contributed by atoms with van der Waals surface area (Å²) in [5.74, 6) is -0.0952. The molecule has 19 heavy (non-hydrogen) atoms. The van der Waals surface area contributed by atoms with E-state index in [-0.39, 0.29) is 17.3 Å². The van der Waals surface area contributed by atoms with Crippen LogP contribution in [0.1, 0.15) is 33.6 Å². The van der Waals surface area contributed by atoms with Crippen LogP contribution in [0.25, 0.3) is 0 Å². The van der Waals surface area contributed by atoms with Crippen LogP contribution >= 0.6 is 0 Å². The van der Waals surface area contributed by atoms with E-state index >= 15 is 0 Å². The van der Waals surface area contributed by atoms with Crippen molar-refractivity contribution < 1.29 is 14.4 Å². The molecule has 0 aromatic rings. The summed E-state index contributed by atoms with van der Waals surface area (Å²) in [4.78, 5) is 33.9. The smallest absolute Gasteiger partial charge is 0.185 e. The van der Waals surface area contributed by atoms with Gasteiger partial charge < -0.3 is 0 Å². The molecule has 1 aliphatic rings. The van der Waals surface area contributed by atoms with Crippen molar-refractivity contribution in [1.82, 2.24) is 0 Å². The first kappa shape index (κ1) is 15.0. The highest BCUT2D eigenvalue weighted by atomic mass is 16.1. The fraction of sp³-hybridized carbons (Fsp3) is 0.312. The van der Waals surface area contributed by atoms with Crippen molar-refractivity contribution in [2.24, 2.45) is 0 Å². The van der Waals surface area contributed by atoms with Crippen LogP contribution < -0.4 is 0 Å². The van der Waals surface area contributed by atoms with Crippen LogP contribution in [0, 0.1) is 0 Å². The molecule has 0 fully saturated rings. The standard InChI is InChI=1S/C16H18O3/c1-11(5-4-6-13(3)17)7-8-14-10-15(18)9-12(2)16(14)19/h4-5,7,9-10H,6,8H2,1-3H3/b5-4+,11-7+. The van der Waals surface area contributed by atoms with Gasteiger partial charge in [-0.25, -0.2) is 0 Å². The molecule has 0 bridgehead atoms. The van der Waals surface area contributed by atoms with Gasteiger partial charge in [-0.1, -0.05) is 23.8 Å². The van der Waals surface area contributed by atoms with Crippen LogP contribution in [0.4, 0.5) is 0 Å². The average molecular weight is 258 g/mol. The molecule has 0 saturated heterocycles. The van der Waals surface area contributed by atoms with Crippen molar-refractivity contribution in [3.05, 3.63) is 47.1 Å². The topological polar surface area (TPSA) is 51.2 Å². The minimum atomic E-state index is -0.134. The minimum absolute atomic E-state index is 0.0728. The molecule has 0 aromatic carbocycles. The number of rotatable bonds is 5. The second-order valence-corrected chi connectivity index (χ2v) is 4.69. The molecule has 0 aromatic heterocycles. The Morgan fingerprint density at radius 3 is 2.53 bits per heavy atom. The number of carbonyl (C=O) groups excluding carboxylic acids is 3. The Balaban J connectivity index is 2.65. The van der Waals surface area contributed by atoms with E-state index in [0.29, 0.717) is 24.0 Å². The number of ketones is 3. The van der Waals surface area contributed by atoms with Gasteiger partial charge in [0.1, 0.15) is 5.78 Å². The summed E-state index contributed by atoms with van der Waals surface area (Å²) >= 11 is 0. The van der Waals surface area contributed by atoms with Crippen molar-refractivity contribution in [3.63, 3.8) is 0 Å². The molecule has 1 rings (SSSR count). The van der Waals surface area contributed by atoms with E-state index in [1.54, 1.807) is 13.0 Å². The van der Waals surface area contributed by atoms with Crippen molar-refractivity contribution in [3.8, 4) is 0 Å². The van der Waals surface area contributed by atoms with Gasteiger partial charge in [-0.3, -0.25) is 14.4 Å². The van der Waals surface area contributed by atoms with Gasteiger partial charge in [0, 0.05) is 17.6 Å². The van der Waals surface area contributed by atoms with E-state index in [4.69, 9.17) is 0 Å². The van der Waals surface area contributed by atoms with Crippen LogP contribution in [0.5, 0.6) is 0 Å². The lowest BCUT2D eigenvalue weighted by Crippen LogP contribution is -2.12. The van der Waals surface area contributed by atoms with Gasteiger partial charge in [0.25, 0.3) is 0 Å². The molecule has 0 atom stereocenters. The van der Waals surface area contributed by atoms with Crippen LogP contribution in [0.15, 0.2) is 47.1 Å². The van der Waals surface area contributed by atoms with E-state index in [2.05, 4.69) is 0 Å². The van der Waals surface area contributed by atoms with Gasteiger partial charge >= 0.3 is 0 Å². The molecule has 3 heteroatoms. The van der Waals surface area contributed by atoms with Crippen LogP contribution in [-0.4, -0.2) is 17.3 Å². The molecule has 1 aliphatic carbocycles. The molecule has 0 unspecified atom stereocenters. The molecular weight excluding hydrogens is 240 g/mol. The fourth-order valence-corrected chi connectivity index (χ4v) is 1.71. The van der Waals surface area contributed by atoms with Crippen molar-refractivity contribution >= 4 is 17.3 Å². The van der Waals surface area contributed by atoms with Gasteiger partial charge in [-0.15, -0.1) is 0 Å². The molecule has 100 valence electrons. The highest BCUT2D eigenvalue weighted by molar-refractivity contribution is 6.20. The van der Waals surface area contributed by atoms with E-state index in [0.717, 1.165) is 5.57 Å². The molecule has 0 aliphatic heterocycles. The lowest BCUT2D eigenvalue weighted by Gasteiger charge is -2.08. The maximum atomic E-state index is 11.8. The van der Waals surface area contributed by atoms with Gasteiger partial charge in [0.15, 0.2) is 11.6 Å². The number of Topliss-reactive ketones (excluding diaryl/α,β-unsaturated/α-hetero) is 2. The Bertz CT molecular complexity index is 528. The SMILES string of the molecule is CC(=O)C/C=C/C(C)=C/CC1=CC(=O)C=C(C)C1=O. The third-order valence-corrected chi connectivity index (χ3v) is 2.76. The van der Waals surface area contributed by atoms with Crippen LogP contribution in [0.2, 0.25) is 0 Å². The highest BCUT2D eigenvalue weighted by Crippen LogP contribution is 2.17. The zero-order valence-electron chi connectivity index (χ0n) is 11.5. The minimum Gasteiger partial charge on any atom is -0.300 e. The third kappa shape index (κ3) is 5.00. The first-order valence-corrected chi connectivity index (χ1v) is 6.20. The molecular formula is C16H18O3. The number of allylic oxidation sites excluding steroid dienone is 8. The molecule has 0 saturated carbocycles. The largest absolute Gasteiger partial charge is 0.300 e. The van der Waals surface area contributed by atoms with E-state index in [1.165, 1.54) is 19.1 Å².